The topological polar surface area (TPSA) is 49.3 Å². The zero-order valence-electron chi connectivity index (χ0n) is 11.4. The number of halogens is 5. The van der Waals surface area contributed by atoms with Gasteiger partial charge in [0.2, 0.25) is 0 Å². The average molecular weight is 348 g/mol. The Morgan fingerprint density at radius 2 is 1.87 bits per heavy atom. The van der Waals surface area contributed by atoms with Crippen LogP contribution >= 0.6 is 11.6 Å². The number of amides is 1. The van der Waals surface area contributed by atoms with E-state index in [1.54, 1.807) is 0 Å². The molecular weight excluding hydrogens is 338 g/mol. The van der Waals surface area contributed by atoms with Crippen LogP contribution in [0.5, 0.6) is 5.75 Å². The number of aromatic hydroxyl groups is 1. The maximum absolute atomic E-state index is 13.3. The Balaban J connectivity index is 2.16. The molecule has 8 heteroatoms. The number of carbonyl (C=O) groups excluding carboxylic acids is 1. The summed E-state index contributed by atoms with van der Waals surface area (Å²) in [5.41, 5.74) is -1.34. The Bertz CT molecular complexity index is 747. The maximum atomic E-state index is 13.3. The first-order valence-corrected chi connectivity index (χ1v) is 6.68. The van der Waals surface area contributed by atoms with E-state index >= 15 is 0 Å². The van der Waals surface area contributed by atoms with Gasteiger partial charge >= 0.3 is 6.18 Å². The summed E-state index contributed by atoms with van der Waals surface area (Å²) < 4.78 is 51.1. The van der Waals surface area contributed by atoms with Crippen molar-refractivity contribution in [1.82, 2.24) is 5.32 Å². The molecule has 0 aliphatic rings. The van der Waals surface area contributed by atoms with Gasteiger partial charge in [0.25, 0.3) is 5.91 Å². The molecule has 2 rings (SSSR count). The standard InChI is InChI=1S/C15H10ClF4NO2/c16-10-1-2-13(22)12(6-10)14(23)21-7-8-3-9(15(18,19)20)5-11(17)4-8/h1-6,22H,7H2,(H,21,23). The van der Waals surface area contributed by atoms with Gasteiger partial charge in [0, 0.05) is 11.6 Å². The molecule has 23 heavy (non-hydrogen) atoms. The van der Waals surface area contributed by atoms with Gasteiger partial charge in [-0.05, 0) is 42.0 Å². The molecular formula is C15H10ClF4NO2. The van der Waals surface area contributed by atoms with E-state index in [1.807, 2.05) is 0 Å². The lowest BCUT2D eigenvalue weighted by molar-refractivity contribution is -0.137. The predicted molar refractivity (Wildman–Crippen MR) is 75.7 cm³/mol. The van der Waals surface area contributed by atoms with Crippen LogP contribution in [0.15, 0.2) is 36.4 Å². The van der Waals surface area contributed by atoms with Crippen LogP contribution in [0, 0.1) is 5.82 Å². The lowest BCUT2D eigenvalue weighted by atomic mass is 10.1. The summed E-state index contributed by atoms with van der Waals surface area (Å²) in [5, 5.41) is 12.1. The SMILES string of the molecule is O=C(NCc1cc(F)cc(C(F)(F)F)c1)c1cc(Cl)ccc1O. The maximum Gasteiger partial charge on any atom is 0.416 e. The first-order chi connectivity index (χ1) is 10.7. The van der Waals surface area contributed by atoms with Gasteiger partial charge in [0.1, 0.15) is 11.6 Å². The molecule has 0 saturated heterocycles. The van der Waals surface area contributed by atoms with Crippen LogP contribution in [0.3, 0.4) is 0 Å². The Hall–Kier alpha value is -2.28. The van der Waals surface area contributed by atoms with Gasteiger partial charge in [-0.2, -0.15) is 13.2 Å². The number of benzene rings is 2. The van der Waals surface area contributed by atoms with Crippen LogP contribution in [-0.4, -0.2) is 11.0 Å². The number of nitrogens with one attached hydrogen (secondary N) is 1. The smallest absolute Gasteiger partial charge is 0.416 e. The molecule has 2 aromatic carbocycles. The summed E-state index contributed by atoms with van der Waals surface area (Å²) in [4.78, 5) is 11.9. The van der Waals surface area contributed by atoms with Crippen molar-refractivity contribution in [2.75, 3.05) is 0 Å². The van der Waals surface area contributed by atoms with Crippen molar-refractivity contribution in [1.29, 1.82) is 0 Å². The molecule has 0 radical (unpaired) electrons. The number of rotatable bonds is 3. The zero-order valence-corrected chi connectivity index (χ0v) is 12.2. The third kappa shape index (κ3) is 4.35. The van der Waals surface area contributed by atoms with Crippen molar-refractivity contribution < 1.29 is 27.5 Å². The fourth-order valence-electron chi connectivity index (χ4n) is 1.88. The van der Waals surface area contributed by atoms with Gasteiger partial charge in [-0.1, -0.05) is 11.6 Å². The van der Waals surface area contributed by atoms with Crippen LogP contribution in [0.4, 0.5) is 17.6 Å². The highest BCUT2D eigenvalue weighted by Crippen LogP contribution is 2.30. The number of hydrogen-bond acceptors (Lipinski definition) is 2. The highest BCUT2D eigenvalue weighted by atomic mass is 35.5. The van der Waals surface area contributed by atoms with Crippen molar-refractivity contribution in [3.8, 4) is 5.75 Å². The number of phenolic OH excluding ortho intramolecular Hbond substituents is 1. The third-order valence-electron chi connectivity index (χ3n) is 2.94. The first-order valence-electron chi connectivity index (χ1n) is 6.30. The Morgan fingerprint density at radius 1 is 1.17 bits per heavy atom. The lowest BCUT2D eigenvalue weighted by Crippen LogP contribution is -2.23. The Morgan fingerprint density at radius 3 is 2.52 bits per heavy atom. The van der Waals surface area contributed by atoms with Crippen LogP contribution in [0.1, 0.15) is 21.5 Å². The van der Waals surface area contributed by atoms with Gasteiger partial charge in [0.15, 0.2) is 0 Å². The van der Waals surface area contributed by atoms with Crippen molar-refractivity contribution in [3.63, 3.8) is 0 Å². The van der Waals surface area contributed by atoms with E-state index < -0.39 is 23.5 Å². The first kappa shape index (κ1) is 17.1. The van der Waals surface area contributed by atoms with E-state index in [4.69, 9.17) is 11.6 Å². The van der Waals surface area contributed by atoms with E-state index in [2.05, 4.69) is 5.32 Å². The number of phenols is 1. The fourth-order valence-corrected chi connectivity index (χ4v) is 2.06. The minimum absolute atomic E-state index is 0.0628. The number of hydrogen-bond donors (Lipinski definition) is 2. The molecule has 0 atom stereocenters. The Labute approximate surface area is 133 Å². The second kappa shape index (κ2) is 6.45. The minimum atomic E-state index is -4.69. The summed E-state index contributed by atoms with van der Waals surface area (Å²) in [6, 6.07) is 5.78. The summed E-state index contributed by atoms with van der Waals surface area (Å²) in [6.45, 7) is -0.342. The molecule has 0 unspecified atom stereocenters. The van der Waals surface area contributed by atoms with Gasteiger partial charge in [-0.25, -0.2) is 4.39 Å². The molecule has 2 aromatic rings. The molecule has 0 bridgehead atoms. The minimum Gasteiger partial charge on any atom is -0.507 e. The third-order valence-corrected chi connectivity index (χ3v) is 3.18. The monoisotopic (exact) mass is 347 g/mol. The van der Waals surface area contributed by atoms with Crippen LogP contribution in [0.2, 0.25) is 5.02 Å². The summed E-state index contributed by atoms with van der Waals surface area (Å²) in [6.07, 6.45) is -4.69. The van der Waals surface area contributed by atoms with E-state index in [1.165, 1.54) is 18.2 Å². The number of alkyl halides is 3. The summed E-state index contributed by atoms with van der Waals surface area (Å²) >= 11 is 5.70. The van der Waals surface area contributed by atoms with Crippen LogP contribution in [0.25, 0.3) is 0 Å². The van der Waals surface area contributed by atoms with Crippen LogP contribution < -0.4 is 5.32 Å². The highest BCUT2D eigenvalue weighted by Gasteiger charge is 2.31. The molecule has 1 amide bonds. The van der Waals surface area contributed by atoms with Gasteiger partial charge < -0.3 is 10.4 Å². The molecule has 2 N–H and O–H groups in total. The normalized spacial score (nSPS) is 11.3. The van der Waals surface area contributed by atoms with Gasteiger partial charge in [-0.15, -0.1) is 0 Å². The molecule has 0 heterocycles. The predicted octanol–water partition coefficient (Wildman–Crippen LogP) is 4.13. The second-order valence-corrected chi connectivity index (χ2v) is 5.13. The van der Waals surface area contributed by atoms with E-state index in [0.717, 1.165) is 12.1 Å². The molecule has 0 aromatic heterocycles. The molecule has 0 saturated carbocycles. The van der Waals surface area contributed by atoms with Crippen molar-refractivity contribution >= 4 is 17.5 Å². The van der Waals surface area contributed by atoms with Gasteiger partial charge in [0.05, 0.1) is 11.1 Å². The summed E-state index contributed by atoms with van der Waals surface area (Å²) in [5.74, 6) is -2.14. The lowest BCUT2D eigenvalue weighted by Gasteiger charge is -2.11. The van der Waals surface area contributed by atoms with E-state index in [9.17, 15) is 27.5 Å². The van der Waals surface area contributed by atoms with Crippen molar-refractivity contribution in [2.24, 2.45) is 0 Å². The molecule has 3 nitrogen and oxygen atoms in total. The fraction of sp³-hybridized carbons (Fsp3) is 0.133. The largest absolute Gasteiger partial charge is 0.507 e. The van der Waals surface area contributed by atoms with E-state index in [-0.39, 0.29) is 28.4 Å². The highest BCUT2D eigenvalue weighted by molar-refractivity contribution is 6.31. The summed E-state index contributed by atoms with van der Waals surface area (Å²) in [7, 11) is 0. The van der Waals surface area contributed by atoms with E-state index in [0.29, 0.717) is 6.07 Å². The Kier molecular flexibility index (Phi) is 4.79. The van der Waals surface area contributed by atoms with Gasteiger partial charge in [-0.3, -0.25) is 4.79 Å². The molecule has 0 aliphatic carbocycles. The number of carbonyl (C=O) groups is 1. The van der Waals surface area contributed by atoms with Crippen LogP contribution in [-0.2, 0) is 12.7 Å². The molecule has 0 aliphatic heterocycles. The van der Waals surface area contributed by atoms with Crippen molar-refractivity contribution in [2.45, 2.75) is 12.7 Å². The average Bonchev–Trinajstić information content (AvgIpc) is 2.46. The zero-order chi connectivity index (χ0) is 17.2. The molecule has 122 valence electrons. The molecule has 0 fully saturated rings. The quantitative estimate of drug-likeness (QED) is 0.820. The molecule has 0 spiro atoms. The van der Waals surface area contributed by atoms with Crippen molar-refractivity contribution in [3.05, 3.63) is 63.9 Å². The second-order valence-electron chi connectivity index (χ2n) is 4.69.